The van der Waals surface area contributed by atoms with Gasteiger partial charge in [-0.25, -0.2) is 4.79 Å². The van der Waals surface area contributed by atoms with Crippen LogP contribution >= 0.6 is 22.6 Å². The van der Waals surface area contributed by atoms with E-state index in [-0.39, 0.29) is 16.6 Å². The molecule has 6 N–H and O–H groups in total. The molecular weight excluding hydrogens is 495 g/mol. The Balaban J connectivity index is 1.64. The van der Waals surface area contributed by atoms with Crippen molar-refractivity contribution in [2.24, 2.45) is 0 Å². The first kappa shape index (κ1) is 21.8. The van der Waals surface area contributed by atoms with E-state index in [2.05, 4.69) is 4.98 Å². The van der Waals surface area contributed by atoms with Gasteiger partial charge in [0.15, 0.2) is 6.29 Å². The molecule has 8 atom stereocenters. The van der Waals surface area contributed by atoms with Gasteiger partial charge in [0.05, 0.1) is 22.9 Å². The third-order valence-electron chi connectivity index (χ3n) is 4.71. The molecule has 2 fully saturated rings. The summed E-state index contributed by atoms with van der Waals surface area (Å²) in [5, 5.41) is 48.8. The second kappa shape index (κ2) is 8.85. The lowest BCUT2D eigenvalue weighted by Gasteiger charge is -2.39. The molecule has 0 spiro atoms. The molecule has 0 bridgehead atoms. The summed E-state index contributed by atoms with van der Waals surface area (Å²) in [6, 6.07) is 0. The molecule has 0 amide bonds. The van der Waals surface area contributed by atoms with Crippen molar-refractivity contribution < 1.29 is 39.7 Å². The first-order valence-electron chi connectivity index (χ1n) is 8.49. The second-order valence-electron chi connectivity index (χ2n) is 6.61. The molecular formula is C15H21IN2O10. The Bertz CT molecular complexity index is 798. The summed E-state index contributed by atoms with van der Waals surface area (Å²) < 4.78 is 17.6. The Kier molecular flexibility index (Phi) is 6.88. The topological polar surface area (TPSA) is 184 Å². The van der Waals surface area contributed by atoms with E-state index in [1.54, 1.807) is 22.6 Å². The molecule has 13 heteroatoms. The second-order valence-corrected chi connectivity index (χ2v) is 7.77. The molecule has 1 aromatic rings. The number of nitrogens with zero attached hydrogens (tertiary/aromatic N) is 1. The summed E-state index contributed by atoms with van der Waals surface area (Å²) in [4.78, 5) is 25.6. The zero-order valence-corrected chi connectivity index (χ0v) is 16.6. The van der Waals surface area contributed by atoms with Crippen molar-refractivity contribution in [2.45, 2.75) is 55.6 Å². The number of halogens is 1. The van der Waals surface area contributed by atoms with Crippen LogP contribution in [0.2, 0.25) is 0 Å². The van der Waals surface area contributed by atoms with Crippen LogP contribution in [0.5, 0.6) is 0 Å². The minimum Gasteiger partial charge on any atom is -0.394 e. The van der Waals surface area contributed by atoms with Crippen molar-refractivity contribution in [3.05, 3.63) is 30.6 Å². The van der Waals surface area contributed by atoms with Crippen molar-refractivity contribution in [2.75, 3.05) is 13.2 Å². The number of aliphatic hydroxyl groups excluding tert-OH is 5. The molecule has 28 heavy (non-hydrogen) atoms. The summed E-state index contributed by atoms with van der Waals surface area (Å²) in [5.41, 5.74) is -1.21. The number of rotatable bonds is 5. The number of hydrogen-bond donors (Lipinski definition) is 6. The number of aromatic amines is 1. The number of aromatic nitrogens is 2. The molecule has 2 saturated heterocycles. The monoisotopic (exact) mass is 516 g/mol. The first-order chi connectivity index (χ1) is 13.2. The van der Waals surface area contributed by atoms with E-state index in [4.69, 9.17) is 14.2 Å². The molecule has 0 saturated carbocycles. The van der Waals surface area contributed by atoms with Crippen LogP contribution in [0.25, 0.3) is 0 Å². The van der Waals surface area contributed by atoms with Crippen LogP contribution in [-0.2, 0) is 14.2 Å². The van der Waals surface area contributed by atoms with E-state index in [1.165, 1.54) is 6.20 Å². The van der Waals surface area contributed by atoms with Gasteiger partial charge in [-0.2, -0.15) is 0 Å². The van der Waals surface area contributed by atoms with Crippen molar-refractivity contribution in [3.63, 3.8) is 0 Å². The number of ether oxygens (including phenoxy) is 3. The van der Waals surface area contributed by atoms with E-state index in [9.17, 15) is 35.1 Å². The van der Waals surface area contributed by atoms with Crippen LogP contribution in [0, 0.1) is 3.57 Å². The highest BCUT2D eigenvalue weighted by atomic mass is 127. The fourth-order valence-electron chi connectivity index (χ4n) is 3.11. The molecule has 3 heterocycles. The summed E-state index contributed by atoms with van der Waals surface area (Å²) in [6.45, 7) is -0.848. The Morgan fingerprint density at radius 3 is 2.54 bits per heavy atom. The molecule has 2 aliphatic heterocycles. The fraction of sp³-hybridized carbons (Fsp3) is 0.733. The van der Waals surface area contributed by atoms with E-state index in [0.29, 0.717) is 0 Å². The minimum absolute atomic E-state index is 0.0603. The summed E-state index contributed by atoms with van der Waals surface area (Å²) >= 11 is 1.77. The Hall–Kier alpha value is -0.910. The molecule has 1 aromatic heterocycles. The van der Waals surface area contributed by atoms with Gasteiger partial charge in [0.25, 0.3) is 5.56 Å². The van der Waals surface area contributed by atoms with E-state index >= 15 is 0 Å². The predicted molar refractivity (Wildman–Crippen MR) is 98.3 cm³/mol. The lowest BCUT2D eigenvalue weighted by Crippen LogP contribution is -2.59. The summed E-state index contributed by atoms with van der Waals surface area (Å²) in [7, 11) is 0. The third kappa shape index (κ3) is 4.31. The number of aliphatic hydroxyl groups is 5. The highest BCUT2D eigenvalue weighted by Gasteiger charge is 2.45. The van der Waals surface area contributed by atoms with Gasteiger partial charge in [-0.05, 0) is 22.6 Å². The lowest BCUT2D eigenvalue weighted by molar-refractivity contribution is -0.306. The quantitative estimate of drug-likeness (QED) is 0.216. The predicted octanol–water partition coefficient (Wildman–Crippen LogP) is -3.39. The van der Waals surface area contributed by atoms with Gasteiger partial charge in [0, 0.05) is 12.6 Å². The molecule has 0 radical (unpaired) electrons. The van der Waals surface area contributed by atoms with Gasteiger partial charge >= 0.3 is 5.69 Å². The van der Waals surface area contributed by atoms with Gasteiger partial charge in [0.2, 0.25) is 0 Å². The van der Waals surface area contributed by atoms with Gasteiger partial charge in [-0.1, -0.05) is 0 Å². The zero-order chi connectivity index (χ0) is 20.6. The Labute approximate surface area is 171 Å². The average molecular weight is 516 g/mol. The molecule has 12 nitrogen and oxygen atoms in total. The van der Waals surface area contributed by atoms with Gasteiger partial charge in [0.1, 0.15) is 36.7 Å². The Morgan fingerprint density at radius 1 is 1.14 bits per heavy atom. The number of hydrogen-bond acceptors (Lipinski definition) is 10. The normalized spacial score (nSPS) is 38.6. The highest BCUT2D eigenvalue weighted by molar-refractivity contribution is 14.1. The SMILES string of the molecule is O=c1[nH]c(=O)n([C@H]2C[C@H](O)[C@@H](CO[C@@H]3O[C@H](CO)[C@H](O)[C@H](O)[C@H]3O)O2)cc1I. The third-order valence-corrected chi connectivity index (χ3v) is 5.48. The number of nitrogens with one attached hydrogen (secondary N) is 1. The zero-order valence-electron chi connectivity index (χ0n) is 14.4. The maximum atomic E-state index is 12.0. The fourth-order valence-corrected chi connectivity index (χ4v) is 3.54. The van der Waals surface area contributed by atoms with Crippen molar-refractivity contribution >= 4 is 22.6 Å². The molecule has 0 unspecified atom stereocenters. The first-order valence-corrected chi connectivity index (χ1v) is 9.57. The molecule has 0 aromatic carbocycles. The van der Waals surface area contributed by atoms with Crippen LogP contribution in [0.15, 0.2) is 15.8 Å². The van der Waals surface area contributed by atoms with Crippen LogP contribution in [0.1, 0.15) is 12.6 Å². The molecule has 0 aliphatic carbocycles. The van der Waals surface area contributed by atoms with Crippen LogP contribution < -0.4 is 11.2 Å². The van der Waals surface area contributed by atoms with Gasteiger partial charge in [-0.15, -0.1) is 0 Å². The number of H-pyrrole nitrogens is 1. The van der Waals surface area contributed by atoms with Crippen LogP contribution in [-0.4, -0.2) is 91.2 Å². The smallest absolute Gasteiger partial charge is 0.330 e. The highest BCUT2D eigenvalue weighted by Crippen LogP contribution is 2.29. The summed E-state index contributed by atoms with van der Waals surface area (Å²) in [5.74, 6) is 0. The largest absolute Gasteiger partial charge is 0.394 e. The van der Waals surface area contributed by atoms with Crippen molar-refractivity contribution in [1.29, 1.82) is 0 Å². The van der Waals surface area contributed by atoms with Crippen molar-refractivity contribution in [3.8, 4) is 0 Å². The molecule has 158 valence electrons. The Morgan fingerprint density at radius 2 is 1.86 bits per heavy atom. The van der Waals surface area contributed by atoms with Gasteiger partial charge in [-0.3, -0.25) is 14.3 Å². The molecule has 3 rings (SSSR count). The average Bonchev–Trinajstić information content (AvgIpc) is 3.02. The van der Waals surface area contributed by atoms with Crippen LogP contribution in [0.3, 0.4) is 0 Å². The van der Waals surface area contributed by atoms with E-state index < -0.39 is 67.0 Å². The minimum atomic E-state index is -1.58. The van der Waals surface area contributed by atoms with E-state index in [0.717, 1.165) is 4.57 Å². The van der Waals surface area contributed by atoms with Crippen molar-refractivity contribution in [1.82, 2.24) is 9.55 Å². The maximum Gasteiger partial charge on any atom is 0.330 e. The lowest BCUT2D eigenvalue weighted by atomic mass is 9.99. The van der Waals surface area contributed by atoms with E-state index in [1.807, 2.05) is 0 Å². The maximum absolute atomic E-state index is 12.0. The van der Waals surface area contributed by atoms with Crippen LogP contribution in [0.4, 0.5) is 0 Å². The molecule has 2 aliphatic rings. The standard InChI is InChI=1S/C15H21IN2O10/c16-5-2-18(15(25)17-13(5)24)9-1-6(20)8(27-9)4-26-14-12(23)11(22)10(21)7(3-19)28-14/h2,6-12,14,19-23H,1,3-4H2,(H,17,24,25)/t6-,7+,8+,9+,10-,11-,12+,14+/m0/s1. The van der Waals surface area contributed by atoms with Gasteiger partial charge < -0.3 is 39.7 Å². The summed E-state index contributed by atoms with van der Waals surface area (Å²) in [6.07, 6.45) is -8.49.